The molecule has 0 aromatic heterocycles. The summed E-state index contributed by atoms with van der Waals surface area (Å²) in [7, 11) is -5.89. The average molecular weight is 648 g/mol. The van der Waals surface area contributed by atoms with E-state index in [-0.39, 0.29) is 30.2 Å². The van der Waals surface area contributed by atoms with Gasteiger partial charge in [-0.1, -0.05) is 66.3 Å². The fourth-order valence-electron chi connectivity index (χ4n) is 5.54. The Balaban J connectivity index is 4.90. The van der Waals surface area contributed by atoms with E-state index in [1.165, 1.54) is 18.9 Å². The molecule has 1 atom stereocenters. The van der Waals surface area contributed by atoms with Crippen LogP contribution in [0.25, 0.3) is 0 Å². The van der Waals surface area contributed by atoms with Gasteiger partial charge < -0.3 is 28.4 Å². The van der Waals surface area contributed by atoms with Crippen molar-refractivity contribution >= 4 is 36.8 Å². The first-order chi connectivity index (χ1) is 19.4. The maximum absolute atomic E-state index is 11.8. The number of unbranched alkanes of at least 4 members (excludes halogenated alkanes) is 1. The molecule has 8 nitrogen and oxygen atoms in total. The summed E-state index contributed by atoms with van der Waals surface area (Å²) >= 11 is 0. The summed E-state index contributed by atoms with van der Waals surface area (Å²) < 4.78 is 30.4. The first kappa shape index (κ1) is 41.0. The fraction of sp³-hybridized carbons (Fsp3) is 0.871. The zero-order valence-electron chi connectivity index (χ0n) is 29.3. The van der Waals surface area contributed by atoms with Crippen molar-refractivity contribution in [3.8, 4) is 0 Å². The van der Waals surface area contributed by atoms with E-state index in [9.17, 15) is 9.59 Å². The van der Waals surface area contributed by atoms with Crippen molar-refractivity contribution < 1.29 is 32.7 Å². The first-order valence-electron chi connectivity index (χ1n) is 16.1. The van der Waals surface area contributed by atoms with Crippen molar-refractivity contribution in [2.24, 2.45) is 0 Å². The molecule has 0 aliphatic rings. The Labute approximate surface area is 261 Å². The molecular formula is C31H65NO7Si3. The molecule has 1 amide bonds. The van der Waals surface area contributed by atoms with Crippen LogP contribution in [0, 0.1) is 0 Å². The lowest BCUT2D eigenvalue weighted by atomic mass is 10.2. The molecule has 0 saturated carbocycles. The molecule has 0 heterocycles. The third kappa shape index (κ3) is 13.3. The van der Waals surface area contributed by atoms with Gasteiger partial charge in [-0.05, 0) is 71.8 Å². The Morgan fingerprint density at radius 2 is 1.40 bits per heavy atom. The lowest BCUT2D eigenvalue weighted by Gasteiger charge is -2.54. The van der Waals surface area contributed by atoms with E-state index in [0.29, 0.717) is 18.8 Å². The van der Waals surface area contributed by atoms with Crippen LogP contribution in [-0.4, -0.2) is 80.2 Å². The monoisotopic (exact) mass is 647 g/mol. The van der Waals surface area contributed by atoms with Gasteiger partial charge in [-0.25, -0.2) is 9.59 Å². The number of hydrogen-bond acceptors (Lipinski definition) is 7. The zero-order valence-corrected chi connectivity index (χ0v) is 32.3. The minimum absolute atomic E-state index is 0.0700. The Kier molecular flexibility index (Phi) is 18.3. The third-order valence-corrected chi connectivity index (χ3v) is 20.7. The van der Waals surface area contributed by atoms with Crippen LogP contribution in [-0.2, 0) is 27.9 Å². The largest absolute Gasteiger partial charge is 0.460 e. The molecule has 1 N–H and O–H groups in total. The lowest BCUT2D eigenvalue weighted by molar-refractivity contribution is -0.138. The SMILES string of the molecule is C=C(C)C(=O)OCCNC(=O)OCCOCCC[Si](C)(C)[C@](C)(CC)O[Si](C)(C)C(CC)(CC)O[Si](C)(C)CCCC. The topological polar surface area (TPSA) is 92.3 Å². The molecule has 0 aromatic carbocycles. The Morgan fingerprint density at radius 3 is 1.93 bits per heavy atom. The molecule has 0 bridgehead atoms. The second-order valence-corrected chi connectivity index (χ2v) is 27.1. The smallest absolute Gasteiger partial charge is 0.407 e. The highest BCUT2D eigenvalue weighted by Crippen LogP contribution is 2.42. The van der Waals surface area contributed by atoms with Crippen molar-refractivity contribution in [3.05, 3.63) is 12.2 Å². The van der Waals surface area contributed by atoms with Crippen LogP contribution in [0.5, 0.6) is 0 Å². The van der Waals surface area contributed by atoms with Crippen LogP contribution in [0.15, 0.2) is 12.2 Å². The van der Waals surface area contributed by atoms with Gasteiger partial charge in [0.1, 0.15) is 13.2 Å². The molecule has 0 radical (unpaired) electrons. The van der Waals surface area contributed by atoms with Gasteiger partial charge in [0.15, 0.2) is 8.32 Å². The first-order valence-corrected chi connectivity index (χ1v) is 25.3. The van der Waals surface area contributed by atoms with Gasteiger partial charge in [0, 0.05) is 17.4 Å². The van der Waals surface area contributed by atoms with Crippen molar-refractivity contribution in [2.45, 2.75) is 142 Å². The molecule has 11 heteroatoms. The molecule has 0 aliphatic carbocycles. The molecule has 0 fully saturated rings. The van der Waals surface area contributed by atoms with Gasteiger partial charge in [0.05, 0.1) is 26.4 Å². The Hall–Kier alpha value is -0.989. The summed E-state index contributed by atoms with van der Waals surface area (Å²) in [5, 5.41) is 2.21. The predicted octanol–water partition coefficient (Wildman–Crippen LogP) is 8.00. The van der Waals surface area contributed by atoms with Gasteiger partial charge in [0.25, 0.3) is 0 Å². The standard InChI is InChI=1S/C31H65NO7Si3/c1-14-18-26-41(10,11)39-31(16-3,17-4)42(12,13)38-30(7,15-2)40(8,9)25-19-21-35-23-24-37-29(34)32-20-22-36-28(33)27(5)6/h5,14-26H2,1-4,6-13H3,(H,32,34)/t30-/m1/s1. The number of alkyl carbamates (subject to hydrolysis) is 1. The highest BCUT2D eigenvalue weighted by molar-refractivity contribution is 6.82. The fourth-order valence-corrected chi connectivity index (χ4v) is 17.6. The molecule has 0 unspecified atom stereocenters. The van der Waals surface area contributed by atoms with Crippen LogP contribution in [0.2, 0.25) is 51.4 Å². The van der Waals surface area contributed by atoms with E-state index >= 15 is 0 Å². The molecule has 0 aromatic rings. The summed E-state index contributed by atoms with van der Waals surface area (Å²) in [6, 6.07) is 2.29. The number of rotatable bonds is 23. The second-order valence-electron chi connectivity index (χ2n) is 13.4. The summed E-state index contributed by atoms with van der Waals surface area (Å²) in [6.45, 7) is 32.3. The van der Waals surface area contributed by atoms with E-state index in [0.717, 1.165) is 31.7 Å². The molecule has 248 valence electrons. The molecule has 42 heavy (non-hydrogen) atoms. The molecule has 0 spiro atoms. The third-order valence-electron chi connectivity index (χ3n) is 8.93. The number of amides is 1. The number of nitrogens with one attached hydrogen (secondary N) is 1. The minimum atomic E-state index is -2.26. The molecule has 0 rings (SSSR count). The lowest BCUT2D eigenvalue weighted by Crippen LogP contribution is -2.67. The van der Waals surface area contributed by atoms with Crippen LogP contribution >= 0.6 is 0 Å². The highest BCUT2D eigenvalue weighted by atomic mass is 28.4. The average Bonchev–Trinajstić information content (AvgIpc) is 2.91. The predicted molar refractivity (Wildman–Crippen MR) is 182 cm³/mol. The quantitative estimate of drug-likeness (QED) is 0.0520. The zero-order chi connectivity index (χ0) is 32.7. The van der Waals surface area contributed by atoms with E-state index in [1.54, 1.807) is 6.92 Å². The van der Waals surface area contributed by atoms with Crippen molar-refractivity contribution in [2.75, 3.05) is 33.0 Å². The molecular weight excluding hydrogens is 583 g/mol. The van der Waals surface area contributed by atoms with E-state index < -0.39 is 36.8 Å². The van der Waals surface area contributed by atoms with Crippen LogP contribution in [0.4, 0.5) is 4.79 Å². The number of carbonyl (C=O) groups excluding carboxylic acids is 2. The second kappa shape index (κ2) is 18.7. The molecule has 0 aliphatic heterocycles. The van der Waals surface area contributed by atoms with E-state index in [4.69, 9.17) is 23.1 Å². The van der Waals surface area contributed by atoms with Gasteiger partial charge >= 0.3 is 12.1 Å². The van der Waals surface area contributed by atoms with Crippen molar-refractivity contribution in [1.82, 2.24) is 5.32 Å². The normalized spacial score (nSPS) is 14.3. The number of esters is 1. The van der Waals surface area contributed by atoms with Gasteiger partial charge in [-0.3, -0.25) is 0 Å². The van der Waals surface area contributed by atoms with Gasteiger partial charge in [0.2, 0.25) is 8.32 Å². The summed E-state index contributed by atoms with van der Waals surface area (Å²) in [5.74, 6) is -0.478. The van der Waals surface area contributed by atoms with Crippen LogP contribution in [0.3, 0.4) is 0 Å². The van der Waals surface area contributed by atoms with E-state index in [2.05, 4.69) is 85.8 Å². The van der Waals surface area contributed by atoms with Gasteiger partial charge in [-0.15, -0.1) is 0 Å². The maximum atomic E-state index is 11.8. The Bertz CT molecular complexity index is 831. The van der Waals surface area contributed by atoms with Crippen LogP contribution < -0.4 is 5.32 Å². The number of carbonyl (C=O) groups is 2. The van der Waals surface area contributed by atoms with Crippen molar-refractivity contribution in [3.63, 3.8) is 0 Å². The van der Waals surface area contributed by atoms with E-state index in [1.807, 2.05) is 0 Å². The highest BCUT2D eigenvalue weighted by Gasteiger charge is 2.55. The Morgan fingerprint density at radius 1 is 0.786 bits per heavy atom. The summed E-state index contributed by atoms with van der Waals surface area (Å²) in [6.07, 6.45) is 5.79. The number of hydrogen-bond donors (Lipinski definition) is 1. The molecule has 0 saturated heterocycles. The summed E-state index contributed by atoms with van der Waals surface area (Å²) in [5.41, 5.74) is 0.321. The maximum Gasteiger partial charge on any atom is 0.407 e. The number of ether oxygens (including phenoxy) is 3. The van der Waals surface area contributed by atoms with Gasteiger partial charge in [-0.2, -0.15) is 0 Å². The minimum Gasteiger partial charge on any atom is -0.460 e. The van der Waals surface area contributed by atoms with Crippen LogP contribution in [0.1, 0.15) is 80.1 Å². The summed E-state index contributed by atoms with van der Waals surface area (Å²) in [4.78, 5) is 23.1. The van der Waals surface area contributed by atoms with Crippen molar-refractivity contribution in [1.29, 1.82) is 0 Å².